The quantitative estimate of drug-likeness (QED) is 0.684. The SMILES string of the molecule is CCOC(=O)N1CC[NH+](Cc2nc3c(c(=O)n(C)c(=O)n3C)n2CC)CC1. The molecule has 0 radical (unpaired) electrons. The maximum Gasteiger partial charge on any atom is 0.410 e. The summed E-state index contributed by atoms with van der Waals surface area (Å²) in [6, 6.07) is 0. The fraction of sp³-hybridized carbons (Fsp3) is 0.647. The third kappa shape index (κ3) is 3.36. The van der Waals surface area contributed by atoms with Gasteiger partial charge in [-0.1, -0.05) is 0 Å². The van der Waals surface area contributed by atoms with E-state index in [1.807, 2.05) is 11.5 Å². The number of rotatable bonds is 4. The van der Waals surface area contributed by atoms with E-state index in [0.29, 0.717) is 43.9 Å². The Kier molecular flexibility index (Phi) is 5.36. The lowest BCUT2D eigenvalue weighted by atomic mass is 10.3. The number of ether oxygens (including phenoxy) is 1. The van der Waals surface area contributed by atoms with E-state index < -0.39 is 0 Å². The normalized spacial score (nSPS) is 15.5. The van der Waals surface area contributed by atoms with Gasteiger partial charge in [0.05, 0.1) is 32.8 Å². The Hall–Kier alpha value is -2.62. The van der Waals surface area contributed by atoms with Crippen LogP contribution in [0.5, 0.6) is 0 Å². The minimum Gasteiger partial charge on any atom is -0.450 e. The van der Waals surface area contributed by atoms with Crippen molar-refractivity contribution < 1.29 is 14.4 Å². The molecule has 3 heterocycles. The van der Waals surface area contributed by atoms with Crippen molar-refractivity contribution in [1.82, 2.24) is 23.6 Å². The number of hydrogen-bond acceptors (Lipinski definition) is 5. The zero-order chi connectivity index (χ0) is 19.7. The smallest absolute Gasteiger partial charge is 0.410 e. The molecule has 10 heteroatoms. The van der Waals surface area contributed by atoms with Crippen LogP contribution in [0.25, 0.3) is 11.2 Å². The van der Waals surface area contributed by atoms with E-state index >= 15 is 0 Å². The number of quaternary nitrogens is 1. The van der Waals surface area contributed by atoms with Crippen molar-refractivity contribution >= 4 is 17.3 Å². The van der Waals surface area contributed by atoms with E-state index in [1.165, 1.54) is 16.5 Å². The highest BCUT2D eigenvalue weighted by atomic mass is 16.6. The molecule has 3 rings (SSSR count). The topological polar surface area (TPSA) is 95.8 Å². The standard InChI is InChI=1S/C17H26N6O4/c1-5-23-12(11-21-7-9-22(10-8-21)17(26)27-6-2)18-14-13(23)15(24)20(4)16(25)19(14)3/h5-11H2,1-4H3/p+1. The van der Waals surface area contributed by atoms with E-state index in [1.54, 1.807) is 18.9 Å². The lowest BCUT2D eigenvalue weighted by molar-refractivity contribution is -0.918. The number of aromatic nitrogens is 4. The van der Waals surface area contributed by atoms with Gasteiger partial charge in [-0.25, -0.2) is 14.6 Å². The molecule has 10 nitrogen and oxygen atoms in total. The Balaban J connectivity index is 1.85. The molecule has 1 N–H and O–H groups in total. The molecule has 1 fully saturated rings. The molecular weight excluding hydrogens is 352 g/mol. The number of amides is 1. The van der Waals surface area contributed by atoms with Crippen molar-refractivity contribution in [2.45, 2.75) is 26.9 Å². The molecule has 1 aliphatic rings. The zero-order valence-corrected chi connectivity index (χ0v) is 16.3. The molecule has 0 unspecified atom stereocenters. The van der Waals surface area contributed by atoms with Gasteiger partial charge in [0, 0.05) is 20.6 Å². The third-order valence-corrected chi connectivity index (χ3v) is 5.15. The molecule has 1 aliphatic heterocycles. The summed E-state index contributed by atoms with van der Waals surface area (Å²) in [7, 11) is 3.11. The average Bonchev–Trinajstić information content (AvgIpc) is 3.03. The van der Waals surface area contributed by atoms with Gasteiger partial charge in [-0.15, -0.1) is 0 Å². The van der Waals surface area contributed by atoms with Gasteiger partial charge in [0.2, 0.25) is 0 Å². The van der Waals surface area contributed by atoms with Crippen molar-refractivity contribution in [3.63, 3.8) is 0 Å². The van der Waals surface area contributed by atoms with E-state index in [9.17, 15) is 14.4 Å². The minimum atomic E-state index is -0.379. The predicted octanol–water partition coefficient (Wildman–Crippen LogP) is -1.69. The number of nitrogens with zero attached hydrogens (tertiary/aromatic N) is 5. The molecule has 1 saturated heterocycles. The van der Waals surface area contributed by atoms with Crippen LogP contribution in [0.2, 0.25) is 0 Å². The number of piperazine rings is 1. The molecule has 0 atom stereocenters. The number of nitrogens with one attached hydrogen (secondary N) is 1. The monoisotopic (exact) mass is 379 g/mol. The Morgan fingerprint density at radius 1 is 1.15 bits per heavy atom. The summed E-state index contributed by atoms with van der Waals surface area (Å²) in [5, 5.41) is 0. The van der Waals surface area contributed by atoms with Crippen LogP contribution in [0.15, 0.2) is 9.59 Å². The number of carbonyl (C=O) groups is 1. The summed E-state index contributed by atoms with van der Waals surface area (Å²) >= 11 is 0. The highest BCUT2D eigenvalue weighted by Gasteiger charge is 2.27. The molecule has 0 aromatic carbocycles. The van der Waals surface area contributed by atoms with Gasteiger partial charge in [-0.05, 0) is 13.8 Å². The summed E-state index contributed by atoms with van der Waals surface area (Å²) < 4.78 is 9.48. The first kappa shape index (κ1) is 19.2. The lowest BCUT2D eigenvalue weighted by Crippen LogP contribution is -3.13. The van der Waals surface area contributed by atoms with Crippen LogP contribution in [-0.4, -0.2) is 62.5 Å². The first-order chi connectivity index (χ1) is 12.9. The fourth-order valence-electron chi connectivity index (χ4n) is 3.59. The second kappa shape index (κ2) is 7.55. The van der Waals surface area contributed by atoms with Crippen molar-refractivity contribution in [3.8, 4) is 0 Å². The minimum absolute atomic E-state index is 0.268. The zero-order valence-electron chi connectivity index (χ0n) is 16.3. The molecular formula is C17H27N6O4+. The molecule has 148 valence electrons. The van der Waals surface area contributed by atoms with E-state index in [2.05, 4.69) is 4.98 Å². The van der Waals surface area contributed by atoms with Crippen LogP contribution in [0.4, 0.5) is 4.79 Å². The van der Waals surface area contributed by atoms with Gasteiger partial charge in [0.15, 0.2) is 17.0 Å². The second-order valence-electron chi connectivity index (χ2n) is 6.76. The first-order valence-electron chi connectivity index (χ1n) is 9.29. The van der Waals surface area contributed by atoms with Crippen molar-refractivity contribution in [1.29, 1.82) is 0 Å². The molecule has 0 saturated carbocycles. The van der Waals surface area contributed by atoms with Crippen LogP contribution in [0, 0.1) is 0 Å². The first-order valence-corrected chi connectivity index (χ1v) is 9.29. The Morgan fingerprint density at radius 2 is 1.81 bits per heavy atom. The highest BCUT2D eigenvalue weighted by Crippen LogP contribution is 2.10. The third-order valence-electron chi connectivity index (χ3n) is 5.15. The molecule has 0 aliphatic carbocycles. The van der Waals surface area contributed by atoms with Gasteiger partial charge < -0.3 is 14.2 Å². The lowest BCUT2D eigenvalue weighted by Gasteiger charge is -2.31. The van der Waals surface area contributed by atoms with Crippen molar-refractivity contribution in [2.24, 2.45) is 14.1 Å². The molecule has 1 amide bonds. The second-order valence-corrected chi connectivity index (χ2v) is 6.76. The Morgan fingerprint density at radius 3 is 2.41 bits per heavy atom. The number of fused-ring (bicyclic) bond motifs is 1. The maximum atomic E-state index is 12.6. The number of aryl methyl sites for hydroxylation is 2. The fourth-order valence-corrected chi connectivity index (χ4v) is 3.59. The number of imidazole rings is 1. The Bertz CT molecular complexity index is 964. The van der Waals surface area contributed by atoms with Crippen LogP contribution < -0.4 is 16.1 Å². The summed E-state index contributed by atoms with van der Waals surface area (Å²) in [6.45, 7) is 8.18. The molecule has 2 aromatic rings. The molecule has 0 bridgehead atoms. The van der Waals surface area contributed by atoms with E-state index in [-0.39, 0.29) is 17.3 Å². The number of carbonyl (C=O) groups excluding carboxylic acids is 1. The van der Waals surface area contributed by atoms with Gasteiger partial charge in [-0.3, -0.25) is 18.8 Å². The average molecular weight is 379 g/mol. The van der Waals surface area contributed by atoms with E-state index in [4.69, 9.17) is 4.74 Å². The van der Waals surface area contributed by atoms with Crippen molar-refractivity contribution in [2.75, 3.05) is 32.8 Å². The molecule has 0 spiro atoms. The summed E-state index contributed by atoms with van der Waals surface area (Å²) in [6.07, 6.45) is -0.268. The van der Waals surface area contributed by atoms with Crippen LogP contribution in [-0.2, 0) is 31.9 Å². The molecule has 27 heavy (non-hydrogen) atoms. The summed E-state index contributed by atoms with van der Waals surface area (Å²) in [5.74, 6) is 0.783. The van der Waals surface area contributed by atoms with Crippen LogP contribution >= 0.6 is 0 Å². The van der Waals surface area contributed by atoms with Gasteiger partial charge in [0.1, 0.15) is 6.54 Å². The summed E-state index contributed by atoms with van der Waals surface area (Å²) in [5.41, 5.74) is 0.178. The molecule has 2 aromatic heterocycles. The van der Waals surface area contributed by atoms with Gasteiger partial charge >= 0.3 is 11.8 Å². The van der Waals surface area contributed by atoms with Crippen molar-refractivity contribution in [3.05, 3.63) is 26.7 Å². The van der Waals surface area contributed by atoms with Crippen LogP contribution in [0.1, 0.15) is 19.7 Å². The predicted molar refractivity (Wildman–Crippen MR) is 98.9 cm³/mol. The van der Waals surface area contributed by atoms with E-state index in [0.717, 1.165) is 23.5 Å². The maximum absolute atomic E-state index is 12.6. The highest BCUT2D eigenvalue weighted by molar-refractivity contribution is 5.71. The van der Waals surface area contributed by atoms with Gasteiger partial charge in [-0.2, -0.15) is 0 Å². The largest absolute Gasteiger partial charge is 0.450 e. The van der Waals surface area contributed by atoms with Gasteiger partial charge in [0.25, 0.3) is 5.56 Å². The number of hydrogen-bond donors (Lipinski definition) is 1. The van der Waals surface area contributed by atoms with Crippen LogP contribution in [0.3, 0.4) is 0 Å². The Labute approximate surface area is 156 Å². The summed E-state index contributed by atoms with van der Waals surface area (Å²) in [4.78, 5) is 44.2.